The molecule has 0 bridgehead atoms. The molecule has 0 fully saturated rings. The number of hydrogen-bond donors (Lipinski definition) is 0. The monoisotopic (exact) mass is 238 g/mol. The minimum absolute atomic E-state index is 0.0694. The van der Waals surface area contributed by atoms with E-state index in [9.17, 15) is 9.59 Å². The second-order valence-electron chi connectivity index (χ2n) is 3.88. The molecule has 0 aromatic carbocycles. The topological polar surface area (TPSA) is 71.1 Å². The van der Waals surface area contributed by atoms with E-state index in [1.165, 1.54) is 18.7 Å². The fourth-order valence-corrected chi connectivity index (χ4v) is 1.78. The van der Waals surface area contributed by atoms with E-state index in [-0.39, 0.29) is 12.3 Å². The van der Waals surface area contributed by atoms with Crippen LogP contribution < -0.4 is 11.2 Å². The predicted octanol–water partition coefficient (Wildman–Crippen LogP) is -0.654. The second-order valence-corrected chi connectivity index (χ2v) is 3.88. The highest BCUT2D eigenvalue weighted by atomic mass is 16.5. The normalized spacial score (nSPS) is 11.3. The van der Waals surface area contributed by atoms with E-state index in [1.54, 1.807) is 18.5 Å². The first-order valence-electron chi connectivity index (χ1n) is 5.10. The molecule has 2 rings (SSSR count). The van der Waals surface area contributed by atoms with Gasteiger partial charge in [0.25, 0.3) is 5.56 Å². The Balaban J connectivity index is 3.04. The highest BCUT2D eigenvalue weighted by Gasteiger charge is 2.16. The maximum Gasteiger partial charge on any atom is 0.334 e. The third-order valence-corrected chi connectivity index (χ3v) is 2.84. The van der Waals surface area contributed by atoms with E-state index in [2.05, 4.69) is 4.98 Å². The van der Waals surface area contributed by atoms with Gasteiger partial charge in [-0.3, -0.25) is 13.9 Å². The smallest absolute Gasteiger partial charge is 0.334 e. The summed E-state index contributed by atoms with van der Waals surface area (Å²) in [5, 5.41) is 0. The molecule has 7 heteroatoms. The summed E-state index contributed by atoms with van der Waals surface area (Å²) in [6.07, 6.45) is 0. The molecule has 2 aromatic heterocycles. The molecule has 0 radical (unpaired) electrons. The standard InChI is InChI=1S/C10H14N4O3/c1-6-11-8-7(12(6)2)9(15)13(3)10(16)14(8)5-17-4/h5H2,1-4H3. The van der Waals surface area contributed by atoms with E-state index in [4.69, 9.17) is 4.74 Å². The van der Waals surface area contributed by atoms with Gasteiger partial charge in [0.2, 0.25) is 0 Å². The van der Waals surface area contributed by atoms with Gasteiger partial charge < -0.3 is 9.30 Å². The van der Waals surface area contributed by atoms with Gasteiger partial charge in [-0.05, 0) is 6.92 Å². The molecule has 7 nitrogen and oxygen atoms in total. The number of aromatic nitrogens is 4. The minimum Gasteiger partial charge on any atom is -0.364 e. The van der Waals surface area contributed by atoms with Gasteiger partial charge in [-0.15, -0.1) is 0 Å². The molecule has 0 aliphatic heterocycles. The van der Waals surface area contributed by atoms with Crippen LogP contribution in [0.25, 0.3) is 11.2 Å². The van der Waals surface area contributed by atoms with Gasteiger partial charge in [0.1, 0.15) is 12.6 Å². The Kier molecular flexibility index (Phi) is 2.62. The van der Waals surface area contributed by atoms with Crippen molar-refractivity contribution in [3.8, 4) is 0 Å². The summed E-state index contributed by atoms with van der Waals surface area (Å²) in [5.41, 5.74) is -0.00972. The minimum atomic E-state index is -0.428. The van der Waals surface area contributed by atoms with Crippen LogP contribution in [-0.2, 0) is 25.6 Å². The van der Waals surface area contributed by atoms with E-state index in [0.717, 1.165) is 4.57 Å². The fourth-order valence-electron chi connectivity index (χ4n) is 1.78. The van der Waals surface area contributed by atoms with E-state index in [1.807, 2.05) is 0 Å². The van der Waals surface area contributed by atoms with Gasteiger partial charge in [-0.1, -0.05) is 0 Å². The van der Waals surface area contributed by atoms with Crippen molar-refractivity contribution in [2.45, 2.75) is 13.7 Å². The first-order chi connectivity index (χ1) is 7.99. The highest BCUT2D eigenvalue weighted by Crippen LogP contribution is 2.08. The van der Waals surface area contributed by atoms with Crippen LogP contribution in [0.4, 0.5) is 0 Å². The molecule has 0 N–H and O–H groups in total. The van der Waals surface area contributed by atoms with Gasteiger partial charge in [-0.25, -0.2) is 9.78 Å². The molecule has 0 spiro atoms. The lowest BCUT2D eigenvalue weighted by Gasteiger charge is -2.07. The van der Waals surface area contributed by atoms with Gasteiger partial charge in [0.15, 0.2) is 11.2 Å². The number of imidazole rings is 1. The number of ether oxygens (including phenoxy) is 1. The first kappa shape index (κ1) is 11.6. The lowest BCUT2D eigenvalue weighted by molar-refractivity contribution is 0.129. The lowest BCUT2D eigenvalue weighted by Crippen LogP contribution is -2.39. The van der Waals surface area contributed by atoms with Crippen LogP contribution >= 0.6 is 0 Å². The summed E-state index contributed by atoms with van der Waals surface area (Å²) < 4.78 is 9.02. The molecule has 2 aromatic rings. The van der Waals surface area contributed by atoms with Crippen molar-refractivity contribution in [3.63, 3.8) is 0 Å². The Morgan fingerprint density at radius 1 is 1.24 bits per heavy atom. The van der Waals surface area contributed by atoms with Crippen LogP contribution in [-0.4, -0.2) is 25.8 Å². The molecule has 0 aliphatic carbocycles. The number of hydrogen-bond acceptors (Lipinski definition) is 4. The van der Waals surface area contributed by atoms with Gasteiger partial charge in [-0.2, -0.15) is 0 Å². The van der Waals surface area contributed by atoms with Crippen molar-refractivity contribution in [3.05, 3.63) is 26.7 Å². The van der Waals surface area contributed by atoms with Crippen molar-refractivity contribution in [2.75, 3.05) is 7.11 Å². The zero-order chi connectivity index (χ0) is 12.7. The average Bonchev–Trinajstić information content (AvgIpc) is 2.59. The maximum absolute atomic E-state index is 12.0. The highest BCUT2D eigenvalue weighted by molar-refractivity contribution is 5.70. The van der Waals surface area contributed by atoms with Crippen LogP contribution in [0.3, 0.4) is 0 Å². The Morgan fingerprint density at radius 2 is 1.88 bits per heavy atom. The first-order valence-corrected chi connectivity index (χ1v) is 5.10. The molecule has 0 saturated carbocycles. The largest absolute Gasteiger partial charge is 0.364 e. The van der Waals surface area contributed by atoms with Crippen molar-refractivity contribution < 1.29 is 4.74 Å². The molecule has 17 heavy (non-hydrogen) atoms. The zero-order valence-electron chi connectivity index (χ0n) is 10.2. The molecule has 92 valence electrons. The van der Waals surface area contributed by atoms with Crippen LogP contribution in [0.2, 0.25) is 0 Å². The number of aryl methyl sites for hydroxylation is 2. The van der Waals surface area contributed by atoms with Crippen molar-refractivity contribution >= 4 is 11.2 Å². The van der Waals surface area contributed by atoms with Crippen molar-refractivity contribution in [2.24, 2.45) is 14.1 Å². The number of fused-ring (bicyclic) bond motifs is 1. The number of methoxy groups -OCH3 is 1. The fraction of sp³-hybridized carbons (Fsp3) is 0.500. The van der Waals surface area contributed by atoms with Gasteiger partial charge in [0.05, 0.1) is 0 Å². The summed E-state index contributed by atoms with van der Waals surface area (Å²) >= 11 is 0. The van der Waals surface area contributed by atoms with Crippen molar-refractivity contribution in [1.82, 2.24) is 18.7 Å². The van der Waals surface area contributed by atoms with E-state index >= 15 is 0 Å². The molecule has 0 amide bonds. The van der Waals surface area contributed by atoms with Gasteiger partial charge >= 0.3 is 5.69 Å². The summed E-state index contributed by atoms with van der Waals surface area (Å²) in [5.74, 6) is 0.674. The number of nitrogens with zero attached hydrogens (tertiary/aromatic N) is 4. The van der Waals surface area contributed by atoms with Crippen LogP contribution in [0.15, 0.2) is 9.59 Å². The lowest BCUT2D eigenvalue weighted by atomic mass is 10.5. The molecule has 0 saturated heterocycles. The zero-order valence-corrected chi connectivity index (χ0v) is 10.2. The third-order valence-electron chi connectivity index (χ3n) is 2.84. The molecule has 0 unspecified atom stereocenters. The second kappa shape index (κ2) is 3.85. The quantitative estimate of drug-likeness (QED) is 0.696. The summed E-state index contributed by atoms with van der Waals surface area (Å²) in [7, 11) is 4.67. The van der Waals surface area contributed by atoms with E-state index < -0.39 is 5.69 Å². The average molecular weight is 238 g/mol. The number of rotatable bonds is 2. The molecule has 2 heterocycles. The Labute approximate surface area is 96.9 Å². The van der Waals surface area contributed by atoms with Crippen LogP contribution in [0.5, 0.6) is 0 Å². The van der Waals surface area contributed by atoms with Crippen LogP contribution in [0.1, 0.15) is 5.82 Å². The van der Waals surface area contributed by atoms with Crippen molar-refractivity contribution in [1.29, 1.82) is 0 Å². The molecule has 0 aliphatic rings. The molecule has 0 atom stereocenters. The Hall–Kier alpha value is -1.89. The van der Waals surface area contributed by atoms with E-state index in [0.29, 0.717) is 17.0 Å². The third kappa shape index (κ3) is 1.50. The summed E-state index contributed by atoms with van der Waals surface area (Å²) in [6.45, 7) is 1.85. The Bertz CT molecular complexity index is 692. The summed E-state index contributed by atoms with van der Waals surface area (Å²) in [6, 6.07) is 0. The van der Waals surface area contributed by atoms with Gasteiger partial charge in [0, 0.05) is 21.2 Å². The SMILES string of the molecule is COCn1c(=O)n(C)c(=O)c2c1nc(C)n2C. The molecular formula is C10H14N4O3. The molecular weight excluding hydrogens is 224 g/mol. The van der Waals surface area contributed by atoms with Crippen LogP contribution in [0, 0.1) is 6.92 Å². The Morgan fingerprint density at radius 3 is 2.47 bits per heavy atom. The predicted molar refractivity (Wildman–Crippen MR) is 62.0 cm³/mol. The maximum atomic E-state index is 12.0. The summed E-state index contributed by atoms with van der Waals surface area (Å²) in [4.78, 5) is 28.1.